The number of amides is 1. The SMILES string of the molecule is CC(C)=CC(=N/C=C(\C)N1CCC(C)(N)CC1)Sc1cccc(NC(=O)C2CCCC(C3CCCC(C4CCCC(C)CCC4)CCC3)CCC2)c1. The molecule has 0 atom stereocenters. The summed E-state index contributed by atoms with van der Waals surface area (Å²) in [5.41, 5.74) is 9.57. The number of benzene rings is 1. The maximum atomic E-state index is 13.6. The van der Waals surface area contributed by atoms with Crippen molar-refractivity contribution in [2.75, 3.05) is 18.4 Å². The van der Waals surface area contributed by atoms with Gasteiger partial charge in [-0.3, -0.25) is 4.79 Å². The van der Waals surface area contributed by atoms with E-state index in [1.807, 2.05) is 12.3 Å². The second-order valence-corrected chi connectivity index (χ2v) is 19.2. The molecule has 3 aliphatic carbocycles. The summed E-state index contributed by atoms with van der Waals surface area (Å²) < 4.78 is 0. The lowest BCUT2D eigenvalue weighted by molar-refractivity contribution is -0.120. The van der Waals surface area contributed by atoms with Crippen LogP contribution < -0.4 is 11.1 Å². The molecule has 0 bridgehead atoms. The van der Waals surface area contributed by atoms with E-state index in [1.165, 1.54) is 114 Å². The van der Waals surface area contributed by atoms with Crippen LogP contribution in [0, 0.1) is 35.5 Å². The minimum Gasteiger partial charge on any atom is -0.374 e. The fourth-order valence-corrected chi connectivity index (χ4v) is 10.9. The molecule has 5 nitrogen and oxygen atoms in total. The number of hydrogen-bond acceptors (Lipinski definition) is 5. The Labute approximate surface area is 322 Å². The zero-order valence-corrected chi connectivity index (χ0v) is 34.6. The number of thioether (sulfide) groups is 1. The van der Waals surface area contributed by atoms with Crippen LogP contribution in [0.4, 0.5) is 5.69 Å². The van der Waals surface area contributed by atoms with Crippen molar-refractivity contribution in [3.05, 3.63) is 47.8 Å². The van der Waals surface area contributed by atoms with Crippen LogP contribution in [0.2, 0.25) is 0 Å². The van der Waals surface area contributed by atoms with E-state index in [0.29, 0.717) is 0 Å². The lowest BCUT2D eigenvalue weighted by atomic mass is 9.70. The molecule has 0 aromatic heterocycles. The fraction of sp³-hybridized carbons (Fsp3) is 0.739. The van der Waals surface area contributed by atoms with Crippen molar-refractivity contribution in [3.63, 3.8) is 0 Å². The van der Waals surface area contributed by atoms with Crippen molar-refractivity contribution in [1.82, 2.24) is 4.90 Å². The predicted molar refractivity (Wildman–Crippen MR) is 225 cm³/mol. The first kappa shape index (κ1) is 41.1. The Kier molecular flexibility index (Phi) is 16.3. The number of rotatable bonds is 8. The minimum absolute atomic E-state index is 0.0626. The molecule has 1 aromatic carbocycles. The highest BCUT2D eigenvalue weighted by Crippen LogP contribution is 2.41. The summed E-state index contributed by atoms with van der Waals surface area (Å²) in [6.07, 6.45) is 30.8. The highest BCUT2D eigenvalue weighted by atomic mass is 32.2. The van der Waals surface area contributed by atoms with Crippen LogP contribution in [0.15, 0.2) is 57.7 Å². The first-order valence-electron chi connectivity index (χ1n) is 21.6. The number of carbonyl (C=O) groups excluding carboxylic acids is 1. The van der Waals surface area contributed by atoms with E-state index in [9.17, 15) is 4.79 Å². The number of nitrogens with two attached hydrogens (primary N) is 1. The minimum atomic E-state index is -0.0626. The van der Waals surface area contributed by atoms with Gasteiger partial charge in [-0.1, -0.05) is 133 Å². The molecule has 0 unspecified atom stereocenters. The number of nitrogens with one attached hydrogen (secondary N) is 1. The van der Waals surface area contributed by atoms with Crippen LogP contribution in [0.3, 0.4) is 0 Å². The first-order valence-corrected chi connectivity index (χ1v) is 22.4. The Morgan fingerprint density at radius 1 is 0.808 bits per heavy atom. The molecule has 52 heavy (non-hydrogen) atoms. The second-order valence-electron chi connectivity index (χ2n) is 18.1. The number of anilines is 1. The smallest absolute Gasteiger partial charge is 0.227 e. The van der Waals surface area contributed by atoms with Gasteiger partial charge in [0.05, 0.1) is 0 Å². The molecule has 3 N–H and O–H groups in total. The lowest BCUT2D eigenvalue weighted by Crippen LogP contribution is -2.47. The zero-order chi connectivity index (χ0) is 36.9. The van der Waals surface area contributed by atoms with Crippen LogP contribution in [0.5, 0.6) is 0 Å². The van der Waals surface area contributed by atoms with Crippen molar-refractivity contribution >= 4 is 28.4 Å². The zero-order valence-electron chi connectivity index (χ0n) is 33.8. The Morgan fingerprint density at radius 2 is 1.31 bits per heavy atom. The van der Waals surface area contributed by atoms with Crippen molar-refractivity contribution in [2.45, 2.75) is 173 Å². The van der Waals surface area contributed by atoms with Gasteiger partial charge in [0.25, 0.3) is 0 Å². The van der Waals surface area contributed by atoms with Crippen molar-refractivity contribution in [1.29, 1.82) is 0 Å². The predicted octanol–water partition coefficient (Wildman–Crippen LogP) is 12.5. The van der Waals surface area contributed by atoms with Crippen molar-refractivity contribution < 1.29 is 4.79 Å². The largest absolute Gasteiger partial charge is 0.374 e. The summed E-state index contributed by atoms with van der Waals surface area (Å²) in [5, 5.41) is 4.26. The van der Waals surface area contributed by atoms with Crippen LogP contribution in [-0.2, 0) is 4.79 Å². The van der Waals surface area contributed by atoms with E-state index < -0.39 is 0 Å². The van der Waals surface area contributed by atoms with Gasteiger partial charge in [0.1, 0.15) is 5.04 Å². The quantitative estimate of drug-likeness (QED) is 0.159. The van der Waals surface area contributed by atoms with E-state index in [2.05, 4.69) is 69.1 Å². The van der Waals surface area contributed by atoms with Gasteiger partial charge in [-0.25, -0.2) is 4.99 Å². The Morgan fingerprint density at radius 3 is 1.83 bits per heavy atom. The van der Waals surface area contributed by atoms with E-state index in [0.717, 1.165) is 84.0 Å². The van der Waals surface area contributed by atoms with Crippen LogP contribution in [-0.4, -0.2) is 34.5 Å². The van der Waals surface area contributed by atoms with E-state index in [-0.39, 0.29) is 17.4 Å². The number of hydrogen-bond donors (Lipinski definition) is 2. The number of likely N-dealkylation sites (tertiary alicyclic amines) is 1. The molecule has 6 heteroatoms. The number of allylic oxidation sites excluding steroid dienone is 2. The van der Waals surface area contributed by atoms with Gasteiger partial charge in [0, 0.05) is 47.0 Å². The highest BCUT2D eigenvalue weighted by Gasteiger charge is 2.30. The molecule has 1 saturated heterocycles. The van der Waals surface area contributed by atoms with Gasteiger partial charge in [-0.15, -0.1) is 0 Å². The van der Waals surface area contributed by atoms with Gasteiger partial charge in [-0.05, 0) is 107 Å². The van der Waals surface area contributed by atoms with Crippen molar-refractivity contribution in [3.8, 4) is 0 Å². The molecule has 4 fully saturated rings. The van der Waals surface area contributed by atoms with E-state index >= 15 is 0 Å². The Hall–Kier alpha value is -2.05. The number of piperidine rings is 1. The molecule has 1 amide bonds. The standard InChI is InChI=1S/C46H74N4OS/c1-34(2)31-44(48-33-36(4)50-29-27-46(5,47)28-30-50)52-43-26-12-25-42(32-43)49-45(51)41-23-10-21-40(22-11-24-41)39-19-8-17-38(18-9-20-39)37-15-6-13-35(3)14-7-16-37/h12,25-26,31-33,35,37-41H,6-11,13-24,27-30,47H2,1-5H3,(H,49,51)/b36-33+,48-44?. The molecule has 290 valence electrons. The molecule has 1 aliphatic heterocycles. The third-order valence-electron chi connectivity index (χ3n) is 13.3. The van der Waals surface area contributed by atoms with Gasteiger partial charge in [0.15, 0.2) is 0 Å². The monoisotopic (exact) mass is 731 g/mol. The van der Waals surface area contributed by atoms with Crippen molar-refractivity contribution in [2.24, 2.45) is 46.2 Å². The molecular formula is C46H74N4OS. The molecule has 0 spiro atoms. The summed E-state index contributed by atoms with van der Waals surface area (Å²) in [6, 6.07) is 8.30. The normalized spacial score (nSPS) is 30.1. The molecular weight excluding hydrogens is 657 g/mol. The molecule has 3 saturated carbocycles. The van der Waals surface area contributed by atoms with Gasteiger partial charge >= 0.3 is 0 Å². The number of carbonyl (C=O) groups is 1. The summed E-state index contributed by atoms with van der Waals surface area (Å²) in [6.45, 7) is 12.9. The summed E-state index contributed by atoms with van der Waals surface area (Å²) in [4.78, 5) is 22.0. The van der Waals surface area contributed by atoms with Gasteiger partial charge in [0.2, 0.25) is 5.91 Å². The lowest BCUT2D eigenvalue weighted by Gasteiger charge is -2.38. The topological polar surface area (TPSA) is 70.7 Å². The average Bonchev–Trinajstić information content (AvgIpc) is 3.05. The number of nitrogens with zero attached hydrogens (tertiary/aromatic N) is 2. The Balaban J connectivity index is 1.08. The summed E-state index contributed by atoms with van der Waals surface area (Å²) in [5.74, 6) is 5.06. The van der Waals surface area contributed by atoms with Crippen LogP contribution in [0.25, 0.3) is 0 Å². The van der Waals surface area contributed by atoms with E-state index in [1.54, 1.807) is 11.8 Å². The second kappa shape index (κ2) is 20.6. The third-order valence-corrected chi connectivity index (χ3v) is 14.2. The fourth-order valence-electron chi connectivity index (χ4n) is 9.96. The molecule has 1 aromatic rings. The third kappa shape index (κ3) is 13.4. The van der Waals surface area contributed by atoms with E-state index in [4.69, 9.17) is 10.7 Å². The molecule has 1 heterocycles. The first-order chi connectivity index (χ1) is 25.0. The Bertz CT molecular complexity index is 1320. The maximum Gasteiger partial charge on any atom is 0.227 e. The average molecular weight is 731 g/mol. The van der Waals surface area contributed by atoms with Gasteiger partial charge < -0.3 is 16.0 Å². The summed E-state index contributed by atoms with van der Waals surface area (Å²) >= 11 is 1.65. The highest BCUT2D eigenvalue weighted by molar-refractivity contribution is 8.14. The molecule has 5 rings (SSSR count). The summed E-state index contributed by atoms with van der Waals surface area (Å²) in [7, 11) is 0. The van der Waals surface area contributed by atoms with Crippen LogP contribution in [0.1, 0.15) is 163 Å². The van der Waals surface area contributed by atoms with Gasteiger partial charge in [-0.2, -0.15) is 0 Å². The molecule has 4 aliphatic rings. The van der Waals surface area contributed by atoms with Crippen LogP contribution >= 0.6 is 11.8 Å². The maximum absolute atomic E-state index is 13.6. The molecule has 0 radical (unpaired) electrons. The number of aliphatic imine (C=N–C) groups is 1.